The van der Waals surface area contributed by atoms with Crippen LogP contribution in [0.2, 0.25) is 0 Å². The zero-order chi connectivity index (χ0) is 12.3. The normalized spacial score (nSPS) is 19.1. The lowest BCUT2D eigenvalue weighted by atomic mass is 9.96. The van der Waals surface area contributed by atoms with Gasteiger partial charge in [-0.2, -0.15) is 0 Å². The van der Waals surface area contributed by atoms with Crippen LogP contribution in [0.5, 0.6) is 0 Å². The second kappa shape index (κ2) is 11.8. The van der Waals surface area contributed by atoms with Crippen LogP contribution >= 0.6 is 12.4 Å². The molecule has 5 heteroatoms. The Labute approximate surface area is 117 Å². The molecule has 1 aliphatic rings. The van der Waals surface area contributed by atoms with Crippen LogP contribution in [0.3, 0.4) is 0 Å². The molecule has 0 saturated carbocycles. The van der Waals surface area contributed by atoms with Gasteiger partial charge in [0.15, 0.2) is 0 Å². The molecule has 1 atom stereocenters. The van der Waals surface area contributed by atoms with E-state index in [2.05, 4.69) is 10.6 Å². The summed E-state index contributed by atoms with van der Waals surface area (Å²) >= 11 is 0. The summed E-state index contributed by atoms with van der Waals surface area (Å²) in [5.74, 6) is 0.904. The van der Waals surface area contributed by atoms with E-state index in [1.807, 2.05) is 6.92 Å². The van der Waals surface area contributed by atoms with Gasteiger partial charge in [0.25, 0.3) is 0 Å². The summed E-state index contributed by atoms with van der Waals surface area (Å²) in [5.41, 5.74) is 0. The van der Waals surface area contributed by atoms with Gasteiger partial charge in [0.1, 0.15) is 0 Å². The van der Waals surface area contributed by atoms with Crippen molar-refractivity contribution >= 4 is 18.3 Å². The molecular formula is C13H27ClN2O2. The van der Waals surface area contributed by atoms with Crippen LogP contribution < -0.4 is 10.6 Å². The van der Waals surface area contributed by atoms with E-state index in [-0.39, 0.29) is 18.3 Å². The largest absolute Gasteiger partial charge is 0.382 e. The van der Waals surface area contributed by atoms with Gasteiger partial charge in [-0.3, -0.25) is 4.79 Å². The average molecular weight is 279 g/mol. The fourth-order valence-electron chi connectivity index (χ4n) is 2.15. The quantitative estimate of drug-likeness (QED) is 0.665. The smallest absolute Gasteiger partial charge is 0.220 e. The third kappa shape index (κ3) is 8.72. The number of amides is 1. The molecule has 4 nitrogen and oxygen atoms in total. The molecule has 0 aromatic heterocycles. The van der Waals surface area contributed by atoms with E-state index in [1.165, 1.54) is 12.8 Å². The summed E-state index contributed by atoms with van der Waals surface area (Å²) in [6.45, 7) is 6.48. The summed E-state index contributed by atoms with van der Waals surface area (Å²) in [6.07, 6.45) is 5.08. The Bertz CT molecular complexity index is 209. The standard InChI is InChI=1S/C13H26N2O2.ClH/c1-2-17-10-4-6-13(16)15-9-7-12-5-3-8-14-11-12;/h12,14H,2-11H2,1H3,(H,15,16);1H. The summed E-state index contributed by atoms with van der Waals surface area (Å²) in [7, 11) is 0. The van der Waals surface area contributed by atoms with Gasteiger partial charge in [-0.25, -0.2) is 0 Å². The number of rotatable bonds is 8. The Morgan fingerprint density at radius 3 is 3.00 bits per heavy atom. The first-order chi connectivity index (χ1) is 8.33. The van der Waals surface area contributed by atoms with Crippen LogP contribution in [-0.2, 0) is 9.53 Å². The highest BCUT2D eigenvalue weighted by Gasteiger charge is 2.12. The minimum Gasteiger partial charge on any atom is -0.382 e. The minimum absolute atomic E-state index is 0. The second-order valence-corrected chi connectivity index (χ2v) is 4.65. The zero-order valence-electron chi connectivity index (χ0n) is 11.4. The van der Waals surface area contributed by atoms with Crippen LogP contribution in [0.15, 0.2) is 0 Å². The van der Waals surface area contributed by atoms with Gasteiger partial charge in [-0.15, -0.1) is 12.4 Å². The molecule has 2 N–H and O–H groups in total. The molecule has 0 spiro atoms. The van der Waals surface area contributed by atoms with Gasteiger partial charge in [-0.05, 0) is 51.6 Å². The molecule has 0 aromatic rings. The Hall–Kier alpha value is -0.320. The summed E-state index contributed by atoms with van der Waals surface area (Å²) in [6, 6.07) is 0. The summed E-state index contributed by atoms with van der Waals surface area (Å²) < 4.78 is 5.20. The number of hydrogen-bond acceptors (Lipinski definition) is 3. The number of hydrogen-bond donors (Lipinski definition) is 2. The van der Waals surface area contributed by atoms with Gasteiger partial charge in [0.05, 0.1) is 0 Å². The van der Waals surface area contributed by atoms with Gasteiger partial charge in [0.2, 0.25) is 5.91 Å². The number of halogens is 1. The van der Waals surface area contributed by atoms with Crippen LogP contribution in [0.1, 0.15) is 39.0 Å². The SMILES string of the molecule is CCOCCCC(=O)NCCC1CCCNC1.Cl. The van der Waals surface area contributed by atoms with Crippen LogP contribution in [0.25, 0.3) is 0 Å². The maximum atomic E-state index is 11.5. The van der Waals surface area contributed by atoms with Crippen LogP contribution in [0.4, 0.5) is 0 Å². The zero-order valence-corrected chi connectivity index (χ0v) is 12.2. The van der Waals surface area contributed by atoms with E-state index in [0.29, 0.717) is 13.0 Å². The van der Waals surface area contributed by atoms with Crippen molar-refractivity contribution in [3.8, 4) is 0 Å². The molecule has 1 saturated heterocycles. The molecular weight excluding hydrogens is 252 g/mol. The topological polar surface area (TPSA) is 50.4 Å². The van der Waals surface area contributed by atoms with E-state index in [9.17, 15) is 4.79 Å². The minimum atomic E-state index is 0. The first-order valence-corrected chi connectivity index (χ1v) is 6.88. The lowest BCUT2D eigenvalue weighted by Crippen LogP contribution is -2.33. The van der Waals surface area contributed by atoms with Gasteiger partial charge in [0, 0.05) is 26.2 Å². The monoisotopic (exact) mass is 278 g/mol. The number of ether oxygens (including phenoxy) is 1. The van der Waals surface area contributed by atoms with Crippen molar-refractivity contribution in [1.82, 2.24) is 10.6 Å². The molecule has 18 heavy (non-hydrogen) atoms. The molecule has 0 radical (unpaired) electrons. The molecule has 108 valence electrons. The fraction of sp³-hybridized carbons (Fsp3) is 0.923. The molecule has 0 aromatic carbocycles. The predicted octanol–water partition coefficient (Wildman–Crippen LogP) is 1.73. The number of piperidine rings is 1. The molecule has 1 amide bonds. The molecule has 1 heterocycles. The van der Waals surface area contributed by atoms with Crippen molar-refractivity contribution in [2.24, 2.45) is 5.92 Å². The molecule has 1 fully saturated rings. The Balaban J connectivity index is 0.00000289. The van der Waals surface area contributed by atoms with Gasteiger partial charge < -0.3 is 15.4 Å². The second-order valence-electron chi connectivity index (χ2n) is 4.65. The number of carbonyl (C=O) groups excluding carboxylic acids is 1. The van der Waals surface area contributed by atoms with E-state index >= 15 is 0 Å². The van der Waals surface area contributed by atoms with Crippen molar-refractivity contribution in [2.75, 3.05) is 32.8 Å². The maximum Gasteiger partial charge on any atom is 0.220 e. The van der Waals surface area contributed by atoms with Crippen molar-refractivity contribution in [1.29, 1.82) is 0 Å². The molecule has 1 aliphatic heterocycles. The van der Waals surface area contributed by atoms with Crippen LogP contribution in [0, 0.1) is 5.92 Å². The lowest BCUT2D eigenvalue weighted by Gasteiger charge is -2.22. The van der Waals surface area contributed by atoms with Gasteiger partial charge in [-0.1, -0.05) is 0 Å². The first-order valence-electron chi connectivity index (χ1n) is 6.88. The Morgan fingerprint density at radius 1 is 1.50 bits per heavy atom. The predicted molar refractivity (Wildman–Crippen MR) is 76.2 cm³/mol. The van der Waals surface area contributed by atoms with E-state index in [0.717, 1.165) is 45.0 Å². The molecule has 1 unspecified atom stereocenters. The molecule has 0 aliphatic carbocycles. The highest BCUT2D eigenvalue weighted by atomic mass is 35.5. The van der Waals surface area contributed by atoms with Gasteiger partial charge >= 0.3 is 0 Å². The van der Waals surface area contributed by atoms with E-state index < -0.39 is 0 Å². The highest BCUT2D eigenvalue weighted by molar-refractivity contribution is 5.85. The summed E-state index contributed by atoms with van der Waals surface area (Å²) in [4.78, 5) is 11.5. The molecule has 1 rings (SSSR count). The van der Waals surface area contributed by atoms with Crippen molar-refractivity contribution < 1.29 is 9.53 Å². The lowest BCUT2D eigenvalue weighted by molar-refractivity contribution is -0.121. The average Bonchev–Trinajstić information content (AvgIpc) is 2.36. The third-order valence-electron chi connectivity index (χ3n) is 3.17. The van der Waals surface area contributed by atoms with E-state index in [4.69, 9.17) is 4.74 Å². The van der Waals surface area contributed by atoms with Crippen molar-refractivity contribution in [3.05, 3.63) is 0 Å². The summed E-state index contributed by atoms with van der Waals surface area (Å²) in [5, 5.41) is 6.38. The number of nitrogens with one attached hydrogen (secondary N) is 2. The van der Waals surface area contributed by atoms with Crippen LogP contribution in [-0.4, -0.2) is 38.8 Å². The number of carbonyl (C=O) groups is 1. The Morgan fingerprint density at radius 2 is 2.33 bits per heavy atom. The Kier molecular flexibility index (Phi) is 11.5. The highest BCUT2D eigenvalue weighted by Crippen LogP contribution is 2.12. The van der Waals surface area contributed by atoms with E-state index in [1.54, 1.807) is 0 Å². The maximum absolute atomic E-state index is 11.5. The third-order valence-corrected chi connectivity index (χ3v) is 3.17. The fourth-order valence-corrected chi connectivity index (χ4v) is 2.15. The first kappa shape index (κ1) is 17.7. The molecule has 0 bridgehead atoms. The van der Waals surface area contributed by atoms with Crippen molar-refractivity contribution in [3.63, 3.8) is 0 Å². The van der Waals surface area contributed by atoms with Crippen molar-refractivity contribution in [2.45, 2.75) is 39.0 Å².